The fourth-order valence-corrected chi connectivity index (χ4v) is 4.05. The summed E-state index contributed by atoms with van der Waals surface area (Å²) in [4.78, 5) is 6.09. The maximum absolute atomic E-state index is 5.49. The van der Waals surface area contributed by atoms with E-state index in [-0.39, 0.29) is 0 Å². The molecule has 1 aromatic carbocycles. The van der Waals surface area contributed by atoms with Crippen molar-refractivity contribution in [3.8, 4) is 10.6 Å². The number of aryl methyl sites for hydroxylation is 1. The first-order chi connectivity index (χ1) is 12.2. The summed E-state index contributed by atoms with van der Waals surface area (Å²) in [6, 6.07) is 12.8. The average Bonchev–Trinajstić information content (AvgIpc) is 3.30. The average molecular weight is 353 g/mol. The van der Waals surface area contributed by atoms with Crippen LogP contribution >= 0.6 is 11.3 Å². The van der Waals surface area contributed by atoms with Gasteiger partial charge in [0.2, 0.25) is 0 Å². The van der Waals surface area contributed by atoms with Crippen LogP contribution in [0.4, 0.5) is 5.69 Å². The van der Waals surface area contributed by atoms with Gasteiger partial charge in [-0.1, -0.05) is 23.4 Å². The quantitative estimate of drug-likeness (QED) is 0.698. The minimum absolute atomic E-state index is 0.857. The summed E-state index contributed by atoms with van der Waals surface area (Å²) in [5.41, 5.74) is 5.15. The van der Waals surface area contributed by atoms with Gasteiger partial charge in [0, 0.05) is 44.5 Å². The summed E-state index contributed by atoms with van der Waals surface area (Å²) < 4.78 is 5.49. The molecule has 4 rings (SSSR count). The third kappa shape index (κ3) is 3.48. The largest absolute Gasteiger partial charge is 0.369 e. The molecule has 0 atom stereocenters. The topological polar surface area (TPSA) is 32.5 Å². The Morgan fingerprint density at radius 2 is 1.92 bits per heavy atom. The summed E-state index contributed by atoms with van der Waals surface area (Å²) in [6.45, 7) is 9.47. The van der Waals surface area contributed by atoms with Crippen LogP contribution in [-0.4, -0.2) is 36.2 Å². The number of nitrogens with zero attached hydrogens (tertiary/aromatic N) is 3. The van der Waals surface area contributed by atoms with E-state index in [1.54, 1.807) is 11.3 Å². The minimum Gasteiger partial charge on any atom is -0.369 e. The van der Waals surface area contributed by atoms with Crippen LogP contribution < -0.4 is 4.90 Å². The first kappa shape index (κ1) is 16.4. The highest BCUT2D eigenvalue weighted by Crippen LogP contribution is 2.26. The van der Waals surface area contributed by atoms with Gasteiger partial charge < -0.3 is 9.42 Å². The van der Waals surface area contributed by atoms with Crippen LogP contribution in [0.15, 0.2) is 46.3 Å². The summed E-state index contributed by atoms with van der Waals surface area (Å²) in [5.74, 6) is 0.874. The molecule has 0 N–H and O–H groups in total. The maximum Gasteiger partial charge on any atom is 0.177 e. The van der Waals surface area contributed by atoms with Crippen LogP contribution in [0, 0.1) is 13.8 Å². The highest BCUT2D eigenvalue weighted by molar-refractivity contribution is 7.13. The van der Waals surface area contributed by atoms with Gasteiger partial charge in [0.05, 0.1) is 10.6 Å². The lowest BCUT2D eigenvalue weighted by molar-refractivity contribution is 0.242. The summed E-state index contributed by atoms with van der Waals surface area (Å²) in [7, 11) is 0. The predicted octanol–water partition coefficient (Wildman–Crippen LogP) is 4.34. The molecular weight excluding hydrogens is 330 g/mol. The third-order valence-electron chi connectivity index (χ3n) is 5.00. The van der Waals surface area contributed by atoms with E-state index >= 15 is 0 Å². The molecule has 0 aliphatic carbocycles. The standard InChI is InChI=1S/C20H23N3OS/c1-15-5-3-6-18(16(15)2)23-10-8-22(9-11-23)14-17-13-19(24-21-17)20-7-4-12-25-20/h3-7,12-13H,8-11,14H2,1-2H3. The lowest BCUT2D eigenvalue weighted by Crippen LogP contribution is -2.46. The van der Waals surface area contributed by atoms with Gasteiger partial charge in [-0.2, -0.15) is 0 Å². The third-order valence-corrected chi connectivity index (χ3v) is 5.88. The van der Waals surface area contributed by atoms with Crippen LogP contribution in [0.3, 0.4) is 0 Å². The molecule has 2 aromatic heterocycles. The zero-order valence-electron chi connectivity index (χ0n) is 14.7. The van der Waals surface area contributed by atoms with Crippen LogP contribution in [0.1, 0.15) is 16.8 Å². The summed E-state index contributed by atoms with van der Waals surface area (Å²) in [5, 5.41) is 6.31. The zero-order valence-corrected chi connectivity index (χ0v) is 15.6. The van der Waals surface area contributed by atoms with Gasteiger partial charge in [-0.05, 0) is 42.5 Å². The van der Waals surface area contributed by atoms with E-state index in [1.807, 2.05) is 6.07 Å². The first-order valence-corrected chi connectivity index (χ1v) is 9.61. The number of anilines is 1. The number of benzene rings is 1. The van der Waals surface area contributed by atoms with Gasteiger partial charge in [-0.15, -0.1) is 11.3 Å². The molecule has 25 heavy (non-hydrogen) atoms. The molecule has 0 amide bonds. The van der Waals surface area contributed by atoms with Crippen molar-refractivity contribution in [3.05, 3.63) is 58.6 Å². The molecule has 1 fully saturated rings. The maximum atomic E-state index is 5.49. The highest BCUT2D eigenvalue weighted by Gasteiger charge is 2.20. The molecule has 0 unspecified atom stereocenters. The van der Waals surface area contributed by atoms with Crippen LogP contribution in [0.2, 0.25) is 0 Å². The molecule has 1 aliphatic rings. The predicted molar refractivity (Wildman–Crippen MR) is 103 cm³/mol. The Morgan fingerprint density at radius 1 is 1.08 bits per heavy atom. The van der Waals surface area contributed by atoms with Crippen molar-refractivity contribution in [1.29, 1.82) is 0 Å². The van der Waals surface area contributed by atoms with Crippen molar-refractivity contribution < 1.29 is 4.52 Å². The van der Waals surface area contributed by atoms with Crippen molar-refractivity contribution in [2.75, 3.05) is 31.1 Å². The second kappa shape index (κ2) is 7.02. The lowest BCUT2D eigenvalue weighted by Gasteiger charge is -2.36. The normalized spacial score (nSPS) is 15.7. The second-order valence-electron chi connectivity index (χ2n) is 6.64. The number of hydrogen-bond donors (Lipinski definition) is 0. The van der Waals surface area contributed by atoms with Crippen molar-refractivity contribution >= 4 is 17.0 Å². The smallest absolute Gasteiger partial charge is 0.177 e. The Hall–Kier alpha value is -2.11. The Labute approximate surface area is 152 Å². The molecule has 4 nitrogen and oxygen atoms in total. The molecule has 3 aromatic rings. The number of aromatic nitrogens is 1. The van der Waals surface area contributed by atoms with Crippen LogP contribution in [0.5, 0.6) is 0 Å². The van der Waals surface area contributed by atoms with E-state index in [0.29, 0.717) is 0 Å². The van der Waals surface area contributed by atoms with E-state index in [0.717, 1.165) is 49.1 Å². The van der Waals surface area contributed by atoms with Crippen molar-refractivity contribution in [2.45, 2.75) is 20.4 Å². The van der Waals surface area contributed by atoms with Crippen LogP contribution in [0.25, 0.3) is 10.6 Å². The van der Waals surface area contributed by atoms with Crippen molar-refractivity contribution in [1.82, 2.24) is 10.1 Å². The second-order valence-corrected chi connectivity index (χ2v) is 7.59. The van der Waals surface area contributed by atoms with E-state index < -0.39 is 0 Å². The monoisotopic (exact) mass is 353 g/mol. The van der Waals surface area contributed by atoms with E-state index in [4.69, 9.17) is 4.52 Å². The Bertz CT molecular complexity index is 833. The molecule has 1 saturated heterocycles. The lowest BCUT2D eigenvalue weighted by atomic mass is 10.1. The van der Waals surface area contributed by atoms with Crippen LogP contribution in [-0.2, 0) is 6.54 Å². The van der Waals surface area contributed by atoms with E-state index in [9.17, 15) is 0 Å². The molecule has 130 valence electrons. The first-order valence-electron chi connectivity index (χ1n) is 8.74. The molecule has 0 bridgehead atoms. The molecule has 3 heterocycles. The van der Waals surface area contributed by atoms with Gasteiger partial charge in [0.25, 0.3) is 0 Å². The minimum atomic E-state index is 0.857. The number of thiophene rings is 1. The molecule has 0 spiro atoms. The molecule has 0 radical (unpaired) electrons. The van der Waals surface area contributed by atoms with Gasteiger partial charge in [-0.25, -0.2) is 0 Å². The SMILES string of the molecule is Cc1cccc(N2CCN(Cc3cc(-c4cccs4)on3)CC2)c1C. The Kier molecular flexibility index (Phi) is 4.59. The van der Waals surface area contributed by atoms with Gasteiger partial charge in [0.15, 0.2) is 5.76 Å². The fourth-order valence-electron chi connectivity index (χ4n) is 3.38. The van der Waals surface area contributed by atoms with Gasteiger partial charge in [-0.3, -0.25) is 4.90 Å². The molecule has 5 heteroatoms. The van der Waals surface area contributed by atoms with Crippen molar-refractivity contribution in [3.63, 3.8) is 0 Å². The number of hydrogen-bond acceptors (Lipinski definition) is 5. The van der Waals surface area contributed by atoms with E-state index in [2.05, 4.69) is 64.5 Å². The molecule has 0 saturated carbocycles. The molecular formula is C20H23N3OS. The Morgan fingerprint density at radius 3 is 2.68 bits per heavy atom. The summed E-state index contributed by atoms with van der Waals surface area (Å²) >= 11 is 1.68. The van der Waals surface area contributed by atoms with Gasteiger partial charge in [0.1, 0.15) is 0 Å². The highest BCUT2D eigenvalue weighted by atomic mass is 32.1. The molecule has 1 aliphatic heterocycles. The van der Waals surface area contributed by atoms with Gasteiger partial charge >= 0.3 is 0 Å². The fraction of sp³-hybridized carbons (Fsp3) is 0.350. The number of rotatable bonds is 4. The van der Waals surface area contributed by atoms with E-state index in [1.165, 1.54) is 16.8 Å². The summed E-state index contributed by atoms with van der Waals surface area (Å²) in [6.07, 6.45) is 0. The van der Waals surface area contributed by atoms with Crippen molar-refractivity contribution in [2.24, 2.45) is 0 Å². The zero-order chi connectivity index (χ0) is 17.2. The number of piperazine rings is 1. The Balaban J connectivity index is 1.37.